The molecule has 2 saturated heterocycles. The molecule has 0 spiro atoms. The summed E-state index contributed by atoms with van der Waals surface area (Å²) in [5.74, 6) is 2.28. The summed E-state index contributed by atoms with van der Waals surface area (Å²) in [5.41, 5.74) is -0.436. The molecule has 1 aromatic rings. The zero-order valence-corrected chi connectivity index (χ0v) is 15.9. The molecule has 2 aliphatic heterocycles. The second kappa shape index (κ2) is 8.07. The van der Waals surface area contributed by atoms with E-state index in [9.17, 15) is 4.79 Å². The zero-order chi connectivity index (χ0) is 18.6. The van der Waals surface area contributed by atoms with E-state index in [1.807, 2.05) is 26.8 Å². The van der Waals surface area contributed by atoms with Crippen LogP contribution in [0.5, 0.6) is 0 Å². The van der Waals surface area contributed by atoms with Crippen molar-refractivity contribution in [3.8, 4) is 0 Å². The molecule has 1 aromatic heterocycles. The molecule has 0 unspecified atom stereocenters. The van der Waals surface area contributed by atoms with Gasteiger partial charge in [0.2, 0.25) is 0 Å². The number of aromatic nitrogens is 2. The van der Waals surface area contributed by atoms with Gasteiger partial charge in [-0.05, 0) is 33.1 Å². The second-order valence-electron chi connectivity index (χ2n) is 7.83. The quantitative estimate of drug-likeness (QED) is 0.857. The van der Waals surface area contributed by atoms with Gasteiger partial charge in [0.05, 0.1) is 13.2 Å². The molecule has 2 aliphatic rings. The van der Waals surface area contributed by atoms with Gasteiger partial charge in [0.15, 0.2) is 0 Å². The van der Waals surface area contributed by atoms with E-state index in [0.717, 1.165) is 64.0 Å². The minimum Gasteiger partial charge on any atom is -0.444 e. The van der Waals surface area contributed by atoms with Crippen molar-refractivity contribution in [1.29, 1.82) is 0 Å². The number of nitrogens with zero attached hydrogens (tertiary/aromatic N) is 4. The van der Waals surface area contributed by atoms with Crippen LogP contribution in [0.4, 0.5) is 16.4 Å². The number of carbonyl (C=O) groups excluding carboxylic acids is 1. The first-order valence-electron chi connectivity index (χ1n) is 9.27. The highest BCUT2D eigenvalue weighted by Crippen LogP contribution is 2.22. The molecule has 2 fully saturated rings. The number of carbonyl (C=O) groups is 1. The van der Waals surface area contributed by atoms with E-state index in [2.05, 4.69) is 20.2 Å². The SMILES string of the molecule is CC(C)(C)OC(=O)N1CC(CCNc2cc(N3CCOCC3)ncn2)C1. The highest BCUT2D eigenvalue weighted by molar-refractivity contribution is 5.69. The number of amides is 1. The first kappa shape index (κ1) is 18.7. The van der Waals surface area contributed by atoms with Gasteiger partial charge in [-0.2, -0.15) is 0 Å². The van der Waals surface area contributed by atoms with Crippen LogP contribution in [0.1, 0.15) is 27.2 Å². The number of hydrogen-bond acceptors (Lipinski definition) is 7. The van der Waals surface area contributed by atoms with Crippen molar-refractivity contribution in [2.24, 2.45) is 5.92 Å². The van der Waals surface area contributed by atoms with Crippen LogP contribution in [0.2, 0.25) is 0 Å². The minimum atomic E-state index is -0.436. The third kappa shape index (κ3) is 5.20. The summed E-state index contributed by atoms with van der Waals surface area (Å²) in [6, 6.07) is 1.99. The van der Waals surface area contributed by atoms with Gasteiger partial charge >= 0.3 is 6.09 Å². The Balaban J connectivity index is 1.38. The summed E-state index contributed by atoms with van der Waals surface area (Å²) >= 11 is 0. The Labute approximate surface area is 154 Å². The molecular weight excluding hydrogens is 334 g/mol. The van der Waals surface area contributed by atoms with E-state index >= 15 is 0 Å². The predicted octanol–water partition coefficient (Wildman–Crippen LogP) is 1.98. The number of ether oxygens (including phenoxy) is 2. The molecule has 0 bridgehead atoms. The maximum Gasteiger partial charge on any atom is 0.410 e. The van der Waals surface area contributed by atoms with Gasteiger partial charge in [0.1, 0.15) is 23.6 Å². The lowest BCUT2D eigenvalue weighted by molar-refractivity contribution is -0.00161. The molecule has 0 saturated carbocycles. The average Bonchev–Trinajstić information content (AvgIpc) is 2.56. The summed E-state index contributed by atoms with van der Waals surface area (Å²) in [4.78, 5) is 24.5. The summed E-state index contributed by atoms with van der Waals surface area (Å²) in [7, 11) is 0. The molecule has 3 heterocycles. The average molecular weight is 363 g/mol. The Kier molecular flexibility index (Phi) is 5.80. The first-order chi connectivity index (χ1) is 12.4. The third-order valence-corrected chi connectivity index (χ3v) is 4.46. The van der Waals surface area contributed by atoms with Crippen LogP contribution in [0.25, 0.3) is 0 Å². The largest absolute Gasteiger partial charge is 0.444 e. The molecule has 3 rings (SSSR count). The van der Waals surface area contributed by atoms with Crippen LogP contribution < -0.4 is 10.2 Å². The van der Waals surface area contributed by atoms with Crippen molar-refractivity contribution in [1.82, 2.24) is 14.9 Å². The smallest absolute Gasteiger partial charge is 0.410 e. The number of nitrogens with one attached hydrogen (secondary N) is 1. The summed E-state index contributed by atoms with van der Waals surface area (Å²) in [6.45, 7) is 11.2. The normalized spacial score (nSPS) is 18.4. The van der Waals surface area contributed by atoms with Crippen molar-refractivity contribution in [3.63, 3.8) is 0 Å². The van der Waals surface area contributed by atoms with Gasteiger partial charge in [0, 0.05) is 38.8 Å². The number of hydrogen-bond donors (Lipinski definition) is 1. The number of likely N-dealkylation sites (tertiary alicyclic amines) is 1. The maximum absolute atomic E-state index is 11.9. The Morgan fingerprint density at radius 3 is 2.73 bits per heavy atom. The van der Waals surface area contributed by atoms with Crippen LogP contribution in [0, 0.1) is 5.92 Å². The second-order valence-corrected chi connectivity index (χ2v) is 7.83. The van der Waals surface area contributed by atoms with Gasteiger partial charge < -0.3 is 24.6 Å². The molecule has 8 heteroatoms. The molecule has 1 N–H and O–H groups in total. The van der Waals surface area contributed by atoms with E-state index in [4.69, 9.17) is 9.47 Å². The lowest BCUT2D eigenvalue weighted by atomic mass is 9.97. The molecule has 0 aliphatic carbocycles. The highest BCUT2D eigenvalue weighted by atomic mass is 16.6. The number of morpholine rings is 1. The topological polar surface area (TPSA) is 79.8 Å². The monoisotopic (exact) mass is 363 g/mol. The fourth-order valence-electron chi connectivity index (χ4n) is 3.04. The van der Waals surface area contributed by atoms with Crippen LogP contribution in [-0.2, 0) is 9.47 Å². The zero-order valence-electron chi connectivity index (χ0n) is 15.9. The lowest BCUT2D eigenvalue weighted by Gasteiger charge is -2.39. The standard InChI is InChI=1S/C18H29N5O3/c1-18(2,3)26-17(24)23-11-14(12-23)4-5-19-15-10-16(21-13-20-15)22-6-8-25-9-7-22/h10,13-14H,4-9,11-12H2,1-3H3,(H,19,20,21). The van der Waals surface area contributed by atoms with Crippen molar-refractivity contribution in [3.05, 3.63) is 12.4 Å². The summed E-state index contributed by atoms with van der Waals surface area (Å²) < 4.78 is 10.8. The Morgan fingerprint density at radius 2 is 2.04 bits per heavy atom. The molecule has 0 aromatic carbocycles. The Bertz CT molecular complexity index is 607. The van der Waals surface area contributed by atoms with Crippen molar-refractivity contribution in [2.45, 2.75) is 32.8 Å². The fourth-order valence-corrected chi connectivity index (χ4v) is 3.04. The van der Waals surface area contributed by atoms with Crippen molar-refractivity contribution < 1.29 is 14.3 Å². The van der Waals surface area contributed by atoms with Gasteiger partial charge in [0.25, 0.3) is 0 Å². The van der Waals surface area contributed by atoms with Crippen LogP contribution in [0.3, 0.4) is 0 Å². The molecule has 0 atom stereocenters. The molecule has 26 heavy (non-hydrogen) atoms. The van der Waals surface area contributed by atoms with Gasteiger partial charge in [-0.3, -0.25) is 0 Å². The van der Waals surface area contributed by atoms with E-state index < -0.39 is 5.60 Å². The summed E-state index contributed by atoms with van der Waals surface area (Å²) in [6.07, 6.45) is 2.38. The lowest BCUT2D eigenvalue weighted by Crippen LogP contribution is -2.51. The van der Waals surface area contributed by atoms with Gasteiger partial charge in [-0.15, -0.1) is 0 Å². The van der Waals surface area contributed by atoms with Crippen molar-refractivity contribution >= 4 is 17.7 Å². The van der Waals surface area contributed by atoms with Gasteiger partial charge in [-0.1, -0.05) is 0 Å². The van der Waals surface area contributed by atoms with Crippen LogP contribution in [-0.4, -0.2) is 72.5 Å². The van der Waals surface area contributed by atoms with Crippen LogP contribution >= 0.6 is 0 Å². The third-order valence-electron chi connectivity index (χ3n) is 4.46. The number of rotatable bonds is 5. The molecule has 8 nitrogen and oxygen atoms in total. The minimum absolute atomic E-state index is 0.215. The van der Waals surface area contributed by atoms with E-state index in [1.54, 1.807) is 11.2 Å². The highest BCUT2D eigenvalue weighted by Gasteiger charge is 2.33. The van der Waals surface area contributed by atoms with E-state index in [0.29, 0.717) is 5.92 Å². The molecule has 0 radical (unpaired) electrons. The Morgan fingerprint density at radius 1 is 1.31 bits per heavy atom. The van der Waals surface area contributed by atoms with Crippen molar-refractivity contribution in [2.75, 3.05) is 56.2 Å². The maximum atomic E-state index is 11.9. The molecular formula is C18H29N5O3. The fraction of sp³-hybridized carbons (Fsp3) is 0.722. The molecule has 144 valence electrons. The van der Waals surface area contributed by atoms with E-state index in [-0.39, 0.29) is 6.09 Å². The Hall–Kier alpha value is -2.09. The van der Waals surface area contributed by atoms with E-state index in [1.165, 1.54) is 0 Å². The summed E-state index contributed by atoms with van der Waals surface area (Å²) in [5, 5.41) is 3.36. The first-order valence-corrected chi connectivity index (χ1v) is 9.27. The predicted molar refractivity (Wildman–Crippen MR) is 99.5 cm³/mol. The number of anilines is 2. The van der Waals surface area contributed by atoms with Crippen LogP contribution in [0.15, 0.2) is 12.4 Å². The molecule has 1 amide bonds. The van der Waals surface area contributed by atoms with Gasteiger partial charge in [-0.25, -0.2) is 14.8 Å².